The third-order valence-electron chi connectivity index (χ3n) is 13.3. The molecule has 5 heterocycles. The minimum Gasteiger partial charge on any atom is -0.394 e. The summed E-state index contributed by atoms with van der Waals surface area (Å²) in [6, 6.07) is -4.99. The lowest BCUT2D eigenvalue weighted by molar-refractivity contribution is -0.386. The fourth-order valence-electron chi connectivity index (χ4n) is 9.20. The van der Waals surface area contributed by atoms with E-state index in [-0.39, 0.29) is 0 Å². The third kappa shape index (κ3) is 14.8. The van der Waals surface area contributed by atoms with Crippen molar-refractivity contribution in [1.29, 1.82) is 0 Å². The summed E-state index contributed by atoms with van der Waals surface area (Å²) in [4.78, 5) is 36.5. The van der Waals surface area contributed by atoms with Gasteiger partial charge in [-0.05, 0) is 0 Å². The SMILES string of the molecule is CC(=O)N[C@@H](CO)[C@@H](O)[C@H](OC1O[C@H](CO)[C@@H](OC2O[C@H](COC3O[C@H](CO)[C@@H](O)[C@H](O)[C@@H]3OC3O[C@H](CO)[C@@H](O)[C@H](O)[C@H]3NC(C)=O)[C@@H](O)[C@H](OC3O[C@H](CO)[C@@H](O)[C@H](O)[C@@H]3O)[C@@H]2O)[C@H](O)[C@H]1NC(C)=O)[C@H](O)CO. The first-order chi connectivity index (χ1) is 35.9. The highest BCUT2D eigenvalue weighted by Gasteiger charge is 2.57. The van der Waals surface area contributed by atoms with Crippen LogP contribution in [0.4, 0.5) is 0 Å². The van der Waals surface area contributed by atoms with E-state index in [1.54, 1.807) is 0 Å². The first-order valence-corrected chi connectivity index (χ1v) is 24.0. The van der Waals surface area contributed by atoms with E-state index in [0.29, 0.717) is 0 Å². The second-order valence-electron chi connectivity index (χ2n) is 18.8. The summed E-state index contributed by atoms with van der Waals surface area (Å²) in [7, 11) is 0. The van der Waals surface area contributed by atoms with E-state index < -0.39 is 242 Å². The molecule has 0 bridgehead atoms. The molecule has 5 aliphatic rings. The monoisotopic (exact) mass is 1120 g/mol. The molecular weight excluding hydrogens is 1040 g/mol. The molecule has 442 valence electrons. The lowest BCUT2D eigenvalue weighted by atomic mass is 9.94. The van der Waals surface area contributed by atoms with E-state index in [2.05, 4.69) is 16.0 Å². The van der Waals surface area contributed by atoms with E-state index in [9.17, 15) is 106 Å². The number of hydrogen-bond donors (Lipinski definition) is 21. The van der Waals surface area contributed by atoms with E-state index in [1.807, 2.05) is 0 Å². The number of rotatable bonds is 23. The van der Waals surface area contributed by atoms with Gasteiger partial charge in [-0.15, -0.1) is 0 Å². The molecular formula is C42H73N3O31. The highest BCUT2D eigenvalue weighted by atomic mass is 16.8. The number of aliphatic hydroxyl groups excluding tert-OH is 18. The van der Waals surface area contributed by atoms with Gasteiger partial charge in [-0.1, -0.05) is 0 Å². The Bertz CT molecular complexity index is 1820. The van der Waals surface area contributed by atoms with E-state index in [1.165, 1.54) is 0 Å². The zero-order valence-electron chi connectivity index (χ0n) is 41.0. The Labute approximate surface area is 431 Å². The van der Waals surface area contributed by atoms with Crippen molar-refractivity contribution in [3.05, 3.63) is 0 Å². The van der Waals surface area contributed by atoms with Gasteiger partial charge in [-0.3, -0.25) is 14.4 Å². The molecule has 5 unspecified atom stereocenters. The van der Waals surface area contributed by atoms with Crippen LogP contribution in [0.2, 0.25) is 0 Å². The van der Waals surface area contributed by atoms with Crippen molar-refractivity contribution in [2.45, 2.75) is 199 Å². The first-order valence-electron chi connectivity index (χ1n) is 24.0. The molecule has 29 atom stereocenters. The second kappa shape index (κ2) is 28.6. The molecule has 34 heteroatoms. The fraction of sp³-hybridized carbons (Fsp3) is 0.929. The van der Waals surface area contributed by atoms with Gasteiger partial charge in [0.05, 0.1) is 52.3 Å². The van der Waals surface area contributed by atoms with E-state index in [0.717, 1.165) is 20.8 Å². The van der Waals surface area contributed by atoms with Crippen LogP contribution in [0.15, 0.2) is 0 Å². The Morgan fingerprint density at radius 3 is 1.43 bits per heavy atom. The Morgan fingerprint density at radius 1 is 0.447 bits per heavy atom. The van der Waals surface area contributed by atoms with Crippen LogP contribution in [0.25, 0.3) is 0 Å². The van der Waals surface area contributed by atoms with Crippen LogP contribution in [-0.4, -0.2) is 334 Å². The number of aliphatic hydroxyl groups is 18. The van der Waals surface area contributed by atoms with Gasteiger partial charge in [0.25, 0.3) is 0 Å². The minimum absolute atomic E-state index is 0.746. The summed E-state index contributed by atoms with van der Waals surface area (Å²) >= 11 is 0. The lowest BCUT2D eigenvalue weighted by Gasteiger charge is -2.50. The van der Waals surface area contributed by atoms with Crippen molar-refractivity contribution < 1.29 is 154 Å². The standard InChI is InChI=1S/C42H73N3O31/c1-11(52)43-14(4-46)23(56)34(15(55)5-47)73-39-22(45-13(3)54)29(62)35(19(9-51)71-39)74-41-33(66)36(75-40-32(65)30(63)25(58)17(7-49)69-40)27(60)20(72-41)10-67-42-37(31(64)26(59)18(8-50)70-42)76-38-21(44-12(2)53)28(61)24(57)16(6-48)68-38/h14-42,46-51,55-66H,4-10H2,1-3H3,(H,43,52)(H,44,53)(H,45,54)/t14-,15+,16+,17+,18+,19+,20+,21+,22+,23+,24+,25+,26+,27+,28+,29+,30-,31-,32-,33-,34+,35+,36-,37-,38?,39?,40?,41?,42?/m0/s1. The predicted molar refractivity (Wildman–Crippen MR) is 236 cm³/mol. The minimum atomic E-state index is -2.31. The summed E-state index contributed by atoms with van der Waals surface area (Å²) in [6.07, 6.45) is -51.2. The molecule has 0 aromatic rings. The summed E-state index contributed by atoms with van der Waals surface area (Å²) in [5.41, 5.74) is 0. The number of carbonyl (C=O) groups excluding carboxylic acids is 3. The number of ether oxygens (including phenoxy) is 10. The van der Waals surface area contributed by atoms with Crippen LogP contribution in [0.5, 0.6) is 0 Å². The molecule has 76 heavy (non-hydrogen) atoms. The summed E-state index contributed by atoms with van der Waals surface area (Å²) in [5, 5.41) is 200. The maximum absolute atomic E-state index is 12.6. The Morgan fingerprint density at radius 2 is 0.908 bits per heavy atom. The predicted octanol–water partition coefficient (Wildman–Crippen LogP) is -14.0. The molecule has 3 amide bonds. The van der Waals surface area contributed by atoms with Gasteiger partial charge < -0.3 is 155 Å². The molecule has 0 radical (unpaired) electrons. The zero-order valence-corrected chi connectivity index (χ0v) is 41.0. The maximum atomic E-state index is 12.6. The molecule has 0 aromatic carbocycles. The van der Waals surface area contributed by atoms with Gasteiger partial charge in [0.15, 0.2) is 31.5 Å². The molecule has 5 fully saturated rings. The third-order valence-corrected chi connectivity index (χ3v) is 13.3. The molecule has 5 saturated heterocycles. The Balaban J connectivity index is 1.48. The quantitative estimate of drug-likeness (QED) is 0.0452. The Hall–Kier alpha value is -2.71. The van der Waals surface area contributed by atoms with Gasteiger partial charge >= 0.3 is 0 Å². The van der Waals surface area contributed by atoms with E-state index >= 15 is 0 Å². The molecule has 5 rings (SSSR count). The first kappa shape index (κ1) is 64.1. The van der Waals surface area contributed by atoms with Crippen molar-refractivity contribution in [2.75, 3.05) is 46.2 Å². The van der Waals surface area contributed by atoms with Crippen LogP contribution in [0.1, 0.15) is 20.8 Å². The average Bonchev–Trinajstić information content (AvgIpc) is 3.38. The molecule has 0 aliphatic carbocycles. The molecule has 34 nitrogen and oxygen atoms in total. The summed E-state index contributed by atoms with van der Waals surface area (Å²) in [5.74, 6) is -2.40. The van der Waals surface area contributed by atoms with Crippen LogP contribution >= 0.6 is 0 Å². The van der Waals surface area contributed by atoms with Crippen molar-refractivity contribution in [3.63, 3.8) is 0 Å². The molecule has 5 aliphatic heterocycles. The Kier molecular flexibility index (Phi) is 24.1. The molecule has 0 spiro atoms. The number of nitrogens with one attached hydrogen (secondary N) is 3. The van der Waals surface area contributed by atoms with Gasteiger partial charge in [0.1, 0.15) is 140 Å². The van der Waals surface area contributed by atoms with Crippen molar-refractivity contribution >= 4 is 17.7 Å². The smallest absolute Gasteiger partial charge is 0.217 e. The van der Waals surface area contributed by atoms with Gasteiger partial charge in [0.2, 0.25) is 17.7 Å². The summed E-state index contributed by atoms with van der Waals surface area (Å²) in [6.45, 7) is -3.93. The van der Waals surface area contributed by atoms with Crippen molar-refractivity contribution in [2.24, 2.45) is 0 Å². The lowest BCUT2D eigenvalue weighted by Crippen LogP contribution is -2.69. The topological polar surface area (TPSA) is 544 Å². The molecule has 0 saturated carbocycles. The zero-order chi connectivity index (χ0) is 56.6. The highest BCUT2D eigenvalue weighted by molar-refractivity contribution is 5.74. The van der Waals surface area contributed by atoms with Gasteiger partial charge in [0, 0.05) is 20.8 Å². The number of amides is 3. The fourth-order valence-corrected chi connectivity index (χ4v) is 9.20. The van der Waals surface area contributed by atoms with Crippen molar-refractivity contribution in [1.82, 2.24) is 16.0 Å². The number of hydrogen-bond acceptors (Lipinski definition) is 31. The van der Waals surface area contributed by atoms with Crippen LogP contribution in [0.3, 0.4) is 0 Å². The van der Waals surface area contributed by atoms with E-state index in [4.69, 9.17) is 47.4 Å². The van der Waals surface area contributed by atoms with Crippen LogP contribution in [0, 0.1) is 0 Å². The van der Waals surface area contributed by atoms with Crippen LogP contribution in [-0.2, 0) is 61.8 Å². The van der Waals surface area contributed by atoms with Crippen LogP contribution < -0.4 is 16.0 Å². The largest absolute Gasteiger partial charge is 0.394 e. The van der Waals surface area contributed by atoms with Gasteiger partial charge in [-0.2, -0.15) is 0 Å². The van der Waals surface area contributed by atoms with Crippen molar-refractivity contribution in [3.8, 4) is 0 Å². The highest BCUT2D eigenvalue weighted by Crippen LogP contribution is 2.36. The normalized spacial score (nSPS) is 43.8. The average molecular weight is 1120 g/mol. The maximum Gasteiger partial charge on any atom is 0.217 e. The summed E-state index contributed by atoms with van der Waals surface area (Å²) < 4.78 is 57.9. The molecule has 0 aromatic heterocycles. The number of carbonyl (C=O) groups is 3. The molecule has 21 N–H and O–H groups in total. The van der Waals surface area contributed by atoms with Gasteiger partial charge in [-0.25, -0.2) is 0 Å². The second-order valence-corrected chi connectivity index (χ2v) is 18.8.